The first-order valence-electron chi connectivity index (χ1n) is 10.2. The van der Waals surface area contributed by atoms with Gasteiger partial charge in [0.15, 0.2) is 0 Å². The molecule has 1 atom stereocenters. The van der Waals surface area contributed by atoms with Gasteiger partial charge in [-0.2, -0.15) is 4.98 Å². The number of aryl methyl sites for hydroxylation is 1. The van der Waals surface area contributed by atoms with Crippen molar-refractivity contribution in [1.29, 1.82) is 0 Å². The molecule has 2 aromatic rings. The quantitative estimate of drug-likeness (QED) is 0.746. The summed E-state index contributed by atoms with van der Waals surface area (Å²) in [6.45, 7) is 6.90. The molecule has 0 saturated carbocycles. The van der Waals surface area contributed by atoms with Gasteiger partial charge in [0.1, 0.15) is 11.6 Å². The number of likely N-dealkylation sites (tertiary alicyclic amines) is 1. The molecule has 0 spiro atoms. The lowest BCUT2D eigenvalue weighted by atomic mass is 10.1. The molecule has 1 aliphatic rings. The van der Waals surface area contributed by atoms with E-state index in [0.717, 1.165) is 36.2 Å². The van der Waals surface area contributed by atoms with E-state index in [0.29, 0.717) is 31.2 Å². The third-order valence-corrected chi connectivity index (χ3v) is 5.22. The highest BCUT2D eigenvalue weighted by Crippen LogP contribution is 2.24. The molecule has 0 radical (unpaired) electrons. The molecule has 0 unspecified atom stereocenters. The van der Waals surface area contributed by atoms with E-state index in [9.17, 15) is 9.59 Å². The van der Waals surface area contributed by atoms with Crippen molar-refractivity contribution in [3.8, 4) is 0 Å². The van der Waals surface area contributed by atoms with E-state index in [1.165, 1.54) is 0 Å². The lowest BCUT2D eigenvalue weighted by Crippen LogP contribution is -2.44. The van der Waals surface area contributed by atoms with E-state index in [-0.39, 0.29) is 17.7 Å². The molecule has 0 aliphatic carbocycles. The van der Waals surface area contributed by atoms with Crippen LogP contribution in [-0.4, -0.2) is 45.7 Å². The SMILES string of the molecule is CCC(=O)Cc1ccccc1Nc1nc(N[C@H]2CCCN(C(C)=O)C2)ncc1C. The number of nitrogens with zero attached hydrogens (tertiary/aromatic N) is 3. The monoisotopic (exact) mass is 395 g/mol. The maximum absolute atomic E-state index is 11.9. The van der Waals surface area contributed by atoms with Crippen LogP contribution in [0.1, 0.15) is 44.2 Å². The van der Waals surface area contributed by atoms with Crippen LogP contribution in [0, 0.1) is 6.92 Å². The molecule has 7 nitrogen and oxygen atoms in total. The summed E-state index contributed by atoms with van der Waals surface area (Å²) >= 11 is 0. The van der Waals surface area contributed by atoms with Gasteiger partial charge in [-0.1, -0.05) is 25.1 Å². The predicted octanol–water partition coefficient (Wildman–Crippen LogP) is 3.47. The van der Waals surface area contributed by atoms with Crippen LogP contribution in [0.4, 0.5) is 17.5 Å². The van der Waals surface area contributed by atoms with Gasteiger partial charge in [0.2, 0.25) is 11.9 Å². The number of carbonyl (C=O) groups is 2. The number of rotatable bonds is 7. The van der Waals surface area contributed by atoms with Crippen molar-refractivity contribution in [3.05, 3.63) is 41.6 Å². The fourth-order valence-corrected chi connectivity index (χ4v) is 3.46. The summed E-state index contributed by atoms with van der Waals surface area (Å²) in [6.07, 6.45) is 4.65. The topological polar surface area (TPSA) is 87.2 Å². The van der Waals surface area contributed by atoms with Gasteiger partial charge in [-0.3, -0.25) is 9.59 Å². The number of piperidine rings is 1. The third kappa shape index (κ3) is 5.53. The average Bonchev–Trinajstić information content (AvgIpc) is 2.72. The Morgan fingerprint density at radius 1 is 1.28 bits per heavy atom. The van der Waals surface area contributed by atoms with Crippen molar-refractivity contribution in [2.75, 3.05) is 23.7 Å². The van der Waals surface area contributed by atoms with Crippen molar-refractivity contribution < 1.29 is 9.59 Å². The Morgan fingerprint density at radius 3 is 2.83 bits per heavy atom. The summed E-state index contributed by atoms with van der Waals surface area (Å²) < 4.78 is 0. The van der Waals surface area contributed by atoms with Crippen molar-refractivity contribution in [2.45, 2.75) is 52.5 Å². The summed E-state index contributed by atoms with van der Waals surface area (Å²) in [4.78, 5) is 34.5. The summed E-state index contributed by atoms with van der Waals surface area (Å²) in [5, 5.41) is 6.73. The first kappa shape index (κ1) is 20.8. The highest BCUT2D eigenvalue weighted by molar-refractivity contribution is 5.82. The van der Waals surface area contributed by atoms with E-state index in [1.807, 2.05) is 43.0 Å². The van der Waals surface area contributed by atoms with Crippen LogP contribution in [0.2, 0.25) is 0 Å². The van der Waals surface area contributed by atoms with Crippen LogP contribution in [-0.2, 0) is 16.0 Å². The Bertz CT molecular complexity index is 883. The molecule has 1 aliphatic heterocycles. The minimum atomic E-state index is 0.0990. The first-order chi connectivity index (χ1) is 14.0. The Kier molecular flexibility index (Phi) is 6.80. The van der Waals surface area contributed by atoms with Gasteiger partial charge >= 0.3 is 0 Å². The predicted molar refractivity (Wildman–Crippen MR) is 114 cm³/mol. The molecule has 1 saturated heterocycles. The highest BCUT2D eigenvalue weighted by Gasteiger charge is 2.22. The number of aromatic nitrogens is 2. The lowest BCUT2D eigenvalue weighted by molar-refractivity contribution is -0.129. The van der Waals surface area contributed by atoms with Gasteiger partial charge in [-0.05, 0) is 31.4 Å². The molecule has 1 amide bonds. The van der Waals surface area contributed by atoms with Crippen LogP contribution in [0.3, 0.4) is 0 Å². The largest absolute Gasteiger partial charge is 0.350 e. The zero-order valence-corrected chi connectivity index (χ0v) is 17.4. The van der Waals surface area contributed by atoms with Crippen LogP contribution in [0.15, 0.2) is 30.5 Å². The first-order valence-corrected chi connectivity index (χ1v) is 10.2. The van der Waals surface area contributed by atoms with Gasteiger partial charge in [0.25, 0.3) is 0 Å². The number of Topliss-reactive ketones (excluding diaryl/α,β-unsaturated/α-hetero) is 1. The molecule has 29 heavy (non-hydrogen) atoms. The number of hydrogen-bond acceptors (Lipinski definition) is 6. The van der Waals surface area contributed by atoms with Gasteiger partial charge in [-0.15, -0.1) is 0 Å². The fourth-order valence-electron chi connectivity index (χ4n) is 3.46. The van der Waals surface area contributed by atoms with Crippen molar-refractivity contribution in [3.63, 3.8) is 0 Å². The van der Waals surface area contributed by atoms with Crippen molar-refractivity contribution in [1.82, 2.24) is 14.9 Å². The summed E-state index contributed by atoms with van der Waals surface area (Å²) in [7, 11) is 0. The maximum atomic E-state index is 11.9. The van der Waals surface area contributed by atoms with Crippen LogP contribution >= 0.6 is 0 Å². The van der Waals surface area contributed by atoms with Gasteiger partial charge in [-0.25, -0.2) is 4.98 Å². The maximum Gasteiger partial charge on any atom is 0.224 e. The summed E-state index contributed by atoms with van der Waals surface area (Å²) in [6, 6.07) is 7.93. The molecular formula is C22H29N5O2. The molecule has 7 heteroatoms. The van der Waals surface area contributed by atoms with Crippen LogP contribution in [0.25, 0.3) is 0 Å². The molecular weight excluding hydrogens is 366 g/mol. The second-order valence-electron chi connectivity index (χ2n) is 7.52. The number of amides is 1. The number of hydrogen-bond donors (Lipinski definition) is 2. The minimum absolute atomic E-state index is 0.0990. The van der Waals surface area contributed by atoms with E-state index in [4.69, 9.17) is 0 Å². The average molecular weight is 396 g/mol. The molecule has 2 N–H and O–H groups in total. The van der Waals surface area contributed by atoms with Gasteiger partial charge < -0.3 is 15.5 Å². The van der Waals surface area contributed by atoms with Crippen LogP contribution < -0.4 is 10.6 Å². The van der Waals surface area contributed by atoms with Crippen molar-refractivity contribution >= 4 is 29.1 Å². The van der Waals surface area contributed by atoms with Crippen LogP contribution in [0.5, 0.6) is 0 Å². The molecule has 1 fully saturated rings. The number of nitrogens with one attached hydrogen (secondary N) is 2. The number of ketones is 1. The molecule has 154 valence electrons. The Morgan fingerprint density at radius 2 is 2.07 bits per heavy atom. The fraction of sp³-hybridized carbons (Fsp3) is 0.455. The molecule has 0 bridgehead atoms. The molecule has 2 heterocycles. The summed E-state index contributed by atoms with van der Waals surface area (Å²) in [5.74, 6) is 1.55. The van der Waals surface area contributed by atoms with E-state index in [1.54, 1.807) is 13.1 Å². The van der Waals surface area contributed by atoms with E-state index < -0.39 is 0 Å². The standard InChI is InChI=1S/C22H29N5O2/c1-4-19(29)12-17-8-5-6-10-20(17)25-21-15(2)13-23-22(26-21)24-18-9-7-11-27(14-18)16(3)28/h5-6,8,10,13,18H,4,7,9,11-12,14H2,1-3H3,(H2,23,24,25,26)/t18-/m0/s1. The normalized spacial score (nSPS) is 16.4. The smallest absolute Gasteiger partial charge is 0.224 e. The zero-order chi connectivity index (χ0) is 20.8. The van der Waals surface area contributed by atoms with Crippen molar-refractivity contribution in [2.24, 2.45) is 0 Å². The lowest BCUT2D eigenvalue weighted by Gasteiger charge is -2.32. The number of carbonyl (C=O) groups excluding carboxylic acids is 2. The van der Waals surface area contributed by atoms with E-state index >= 15 is 0 Å². The number of anilines is 3. The highest BCUT2D eigenvalue weighted by atomic mass is 16.2. The molecule has 1 aromatic carbocycles. The molecule has 3 rings (SSSR count). The Hall–Kier alpha value is -2.96. The molecule has 1 aromatic heterocycles. The third-order valence-electron chi connectivity index (χ3n) is 5.22. The Labute approximate surface area is 171 Å². The Balaban J connectivity index is 1.75. The number of benzene rings is 1. The number of para-hydroxylation sites is 1. The van der Waals surface area contributed by atoms with E-state index in [2.05, 4.69) is 20.6 Å². The minimum Gasteiger partial charge on any atom is -0.350 e. The zero-order valence-electron chi connectivity index (χ0n) is 17.4. The van der Waals surface area contributed by atoms with Gasteiger partial charge in [0, 0.05) is 56.3 Å². The second-order valence-corrected chi connectivity index (χ2v) is 7.52. The second kappa shape index (κ2) is 9.49. The van der Waals surface area contributed by atoms with Gasteiger partial charge in [0.05, 0.1) is 0 Å². The summed E-state index contributed by atoms with van der Waals surface area (Å²) in [5.41, 5.74) is 2.75.